The van der Waals surface area contributed by atoms with Crippen molar-refractivity contribution in [3.05, 3.63) is 64.3 Å². The number of thioether (sulfide) groups is 1. The van der Waals surface area contributed by atoms with E-state index in [2.05, 4.69) is 15.6 Å². The average Bonchev–Trinajstić information content (AvgIpc) is 2.92. The zero-order valence-corrected chi connectivity index (χ0v) is 14.1. The highest BCUT2D eigenvalue weighted by Gasteiger charge is 2.25. The minimum Gasteiger partial charge on any atom is -0.476 e. The summed E-state index contributed by atoms with van der Waals surface area (Å²) in [5, 5.41) is 33.5. The fourth-order valence-corrected chi connectivity index (χ4v) is 3.24. The summed E-state index contributed by atoms with van der Waals surface area (Å²) >= 11 is 1.08. The summed E-state index contributed by atoms with van der Waals surface area (Å²) in [5.74, 6) is -1.87. The largest absolute Gasteiger partial charge is 0.476 e. The summed E-state index contributed by atoms with van der Waals surface area (Å²) in [7, 11) is 0. The third-order valence-electron chi connectivity index (χ3n) is 3.53. The van der Waals surface area contributed by atoms with Gasteiger partial charge in [-0.15, -0.1) is 0 Å². The predicted molar refractivity (Wildman–Crippen MR) is 96.3 cm³/mol. The molecule has 2 heterocycles. The Bertz CT molecular complexity index is 886. The van der Waals surface area contributed by atoms with E-state index < -0.39 is 23.7 Å². The Balaban J connectivity index is 1.80. The fraction of sp³-hybridized carbons (Fsp3) is 0.118. The van der Waals surface area contributed by atoms with Crippen molar-refractivity contribution in [1.82, 2.24) is 10.3 Å². The van der Waals surface area contributed by atoms with Crippen LogP contribution in [-0.4, -0.2) is 44.0 Å². The van der Waals surface area contributed by atoms with Gasteiger partial charge in [-0.1, -0.05) is 23.9 Å². The minimum atomic E-state index is -1.28. The predicted octanol–water partition coefficient (Wildman–Crippen LogP) is 1.30. The minimum absolute atomic E-state index is 0.0437. The number of amides is 1. The number of rotatable bonds is 4. The van der Waals surface area contributed by atoms with Crippen LogP contribution < -0.4 is 10.6 Å². The van der Waals surface area contributed by atoms with E-state index in [1.165, 1.54) is 18.3 Å². The molecule has 1 aromatic carbocycles. The molecular formula is C17H15N3O5S. The molecule has 1 fully saturated rings. The maximum atomic E-state index is 12.4. The molecule has 0 bridgehead atoms. The summed E-state index contributed by atoms with van der Waals surface area (Å²) in [6.45, 7) is 0. The first-order valence-electron chi connectivity index (χ1n) is 7.54. The number of anilines is 1. The third-order valence-corrected chi connectivity index (χ3v) is 4.50. The number of aliphatic hydroxyl groups is 2. The summed E-state index contributed by atoms with van der Waals surface area (Å²) in [6, 6.07) is 9.67. The quantitative estimate of drug-likeness (QED) is 0.542. The van der Waals surface area contributed by atoms with Gasteiger partial charge in [0.15, 0.2) is 11.3 Å². The standard InChI is InChI=1S/C17H15N3O5S/c21-14(11-5-2-6-18-13(11)16(23)24)19-10-4-1-3-9(7-10)8-12-15(22)20-17(25)26-12/h1-8,15,17,20,22,25H,(H,19,21)(H,23,24)/b12-8-. The van der Waals surface area contributed by atoms with Crippen LogP contribution in [0.4, 0.5) is 5.69 Å². The number of aliphatic hydroxyl groups excluding tert-OH is 2. The second kappa shape index (κ2) is 7.67. The van der Waals surface area contributed by atoms with Gasteiger partial charge in [0, 0.05) is 16.8 Å². The van der Waals surface area contributed by atoms with E-state index in [4.69, 9.17) is 5.11 Å². The molecule has 0 spiro atoms. The molecule has 134 valence electrons. The number of hydrogen-bond donors (Lipinski definition) is 5. The van der Waals surface area contributed by atoms with Crippen molar-refractivity contribution in [3.63, 3.8) is 0 Å². The maximum Gasteiger partial charge on any atom is 0.355 e. The first-order valence-corrected chi connectivity index (χ1v) is 8.42. The van der Waals surface area contributed by atoms with E-state index in [-0.39, 0.29) is 11.3 Å². The Morgan fingerprint density at radius 1 is 1.23 bits per heavy atom. The number of carboxylic acids is 1. The van der Waals surface area contributed by atoms with E-state index in [0.717, 1.165) is 11.8 Å². The van der Waals surface area contributed by atoms with Gasteiger partial charge < -0.3 is 20.6 Å². The van der Waals surface area contributed by atoms with Gasteiger partial charge in [-0.3, -0.25) is 10.1 Å². The van der Waals surface area contributed by atoms with Crippen molar-refractivity contribution in [3.8, 4) is 0 Å². The lowest BCUT2D eigenvalue weighted by Gasteiger charge is -2.08. The zero-order chi connectivity index (χ0) is 18.7. The van der Waals surface area contributed by atoms with Crippen molar-refractivity contribution < 1.29 is 24.9 Å². The van der Waals surface area contributed by atoms with Crippen LogP contribution in [0.5, 0.6) is 0 Å². The van der Waals surface area contributed by atoms with Crippen LogP contribution >= 0.6 is 11.8 Å². The molecule has 0 radical (unpaired) electrons. The summed E-state index contributed by atoms with van der Waals surface area (Å²) in [5.41, 5.74) is -0.0914. The molecule has 0 saturated carbocycles. The summed E-state index contributed by atoms with van der Waals surface area (Å²) < 4.78 is 0. The fourth-order valence-electron chi connectivity index (χ4n) is 2.39. The number of carbonyl (C=O) groups excluding carboxylic acids is 1. The molecule has 2 aromatic rings. The molecule has 2 atom stereocenters. The van der Waals surface area contributed by atoms with Crippen molar-refractivity contribution >= 4 is 35.4 Å². The number of nitrogens with zero attached hydrogens (tertiary/aromatic N) is 1. The number of carboxylic acid groups (broad SMARTS) is 1. The van der Waals surface area contributed by atoms with Gasteiger partial charge in [0.1, 0.15) is 6.23 Å². The second-order valence-corrected chi connectivity index (χ2v) is 6.52. The van der Waals surface area contributed by atoms with Crippen LogP contribution in [-0.2, 0) is 0 Å². The molecule has 8 nitrogen and oxygen atoms in total. The SMILES string of the molecule is O=C(Nc1cccc(/C=C2\SC(O)NC2O)c1)c1cccnc1C(=O)O. The van der Waals surface area contributed by atoms with Crippen LogP contribution in [0.3, 0.4) is 0 Å². The highest BCUT2D eigenvalue weighted by Crippen LogP contribution is 2.30. The second-order valence-electron chi connectivity index (χ2n) is 5.37. The van der Waals surface area contributed by atoms with Crippen LogP contribution in [0.15, 0.2) is 47.5 Å². The van der Waals surface area contributed by atoms with Gasteiger partial charge in [0.05, 0.1) is 5.56 Å². The number of benzene rings is 1. The molecule has 1 aliphatic heterocycles. The Morgan fingerprint density at radius 2 is 2.04 bits per heavy atom. The Morgan fingerprint density at radius 3 is 2.73 bits per heavy atom. The van der Waals surface area contributed by atoms with Crippen molar-refractivity contribution in [2.24, 2.45) is 0 Å². The molecule has 1 aliphatic rings. The summed E-state index contributed by atoms with van der Waals surface area (Å²) in [6.07, 6.45) is 2.03. The highest BCUT2D eigenvalue weighted by molar-refractivity contribution is 8.03. The van der Waals surface area contributed by atoms with Gasteiger partial charge in [-0.05, 0) is 35.9 Å². The number of aromatic nitrogens is 1. The average molecular weight is 373 g/mol. The van der Waals surface area contributed by atoms with Gasteiger partial charge >= 0.3 is 5.97 Å². The Kier molecular flexibility index (Phi) is 5.33. The van der Waals surface area contributed by atoms with Gasteiger partial charge in [0.25, 0.3) is 5.91 Å². The van der Waals surface area contributed by atoms with Crippen LogP contribution in [0.2, 0.25) is 0 Å². The van der Waals surface area contributed by atoms with Crippen molar-refractivity contribution in [2.45, 2.75) is 11.8 Å². The molecule has 2 unspecified atom stereocenters. The normalized spacial score (nSPS) is 20.9. The van der Waals surface area contributed by atoms with Crippen molar-refractivity contribution in [1.29, 1.82) is 0 Å². The Hall–Kier alpha value is -2.72. The number of pyridine rings is 1. The lowest BCUT2D eigenvalue weighted by Crippen LogP contribution is -2.28. The summed E-state index contributed by atoms with van der Waals surface area (Å²) in [4.78, 5) is 27.8. The number of hydrogen-bond acceptors (Lipinski definition) is 7. The van der Waals surface area contributed by atoms with Crippen LogP contribution in [0.25, 0.3) is 6.08 Å². The maximum absolute atomic E-state index is 12.4. The highest BCUT2D eigenvalue weighted by atomic mass is 32.2. The molecule has 1 aromatic heterocycles. The van der Waals surface area contributed by atoms with Gasteiger partial charge in [-0.25, -0.2) is 9.78 Å². The number of aromatic carboxylic acids is 1. The lowest BCUT2D eigenvalue weighted by atomic mass is 10.1. The molecule has 1 amide bonds. The van der Waals surface area contributed by atoms with E-state index in [1.54, 1.807) is 30.3 Å². The molecule has 1 saturated heterocycles. The topological polar surface area (TPSA) is 132 Å². The zero-order valence-electron chi connectivity index (χ0n) is 13.3. The van der Waals surface area contributed by atoms with Gasteiger partial charge in [-0.2, -0.15) is 0 Å². The van der Waals surface area contributed by atoms with Crippen LogP contribution in [0.1, 0.15) is 26.4 Å². The molecule has 0 aliphatic carbocycles. The van der Waals surface area contributed by atoms with Crippen LogP contribution in [0, 0.1) is 0 Å². The molecule has 5 N–H and O–H groups in total. The smallest absolute Gasteiger partial charge is 0.355 e. The molecule has 3 rings (SSSR count). The molecule has 26 heavy (non-hydrogen) atoms. The first-order chi connectivity index (χ1) is 12.4. The first kappa shape index (κ1) is 18.1. The monoisotopic (exact) mass is 373 g/mol. The number of carbonyl (C=O) groups is 2. The molecular weight excluding hydrogens is 358 g/mol. The van der Waals surface area contributed by atoms with E-state index in [0.29, 0.717) is 16.2 Å². The Labute approximate surface area is 152 Å². The van der Waals surface area contributed by atoms with Crippen molar-refractivity contribution in [2.75, 3.05) is 5.32 Å². The lowest BCUT2D eigenvalue weighted by molar-refractivity contribution is 0.0686. The third kappa shape index (κ3) is 4.09. The van der Waals surface area contributed by atoms with Gasteiger partial charge in [0.2, 0.25) is 0 Å². The molecule has 9 heteroatoms. The van der Waals surface area contributed by atoms with E-state index in [1.807, 2.05) is 0 Å². The van der Waals surface area contributed by atoms with E-state index >= 15 is 0 Å². The van der Waals surface area contributed by atoms with E-state index in [9.17, 15) is 19.8 Å². The number of nitrogens with one attached hydrogen (secondary N) is 2.